The number of likely N-dealkylation sites (tertiary alicyclic amines) is 1. The number of nitrogens with zero attached hydrogens (tertiary/aromatic N) is 2. The molecule has 1 heterocycles. The first-order valence-electron chi connectivity index (χ1n) is 7.85. The first-order chi connectivity index (χ1) is 10.4. The first kappa shape index (κ1) is 15.4. The van der Waals surface area contributed by atoms with E-state index in [1.54, 1.807) is 11.9 Å². The van der Waals surface area contributed by atoms with Crippen LogP contribution in [-0.4, -0.2) is 47.8 Å². The summed E-state index contributed by atoms with van der Waals surface area (Å²) in [5, 5.41) is 0. The molecule has 5 heteroatoms. The zero-order chi connectivity index (χ0) is 15.7. The fourth-order valence-corrected chi connectivity index (χ4v) is 3.42. The van der Waals surface area contributed by atoms with Crippen LogP contribution in [0.5, 0.6) is 0 Å². The lowest BCUT2D eigenvalue weighted by molar-refractivity contribution is -0.160. The summed E-state index contributed by atoms with van der Waals surface area (Å²) < 4.78 is 25.8. The largest absolute Gasteiger partial charge is 0.341 e. The van der Waals surface area contributed by atoms with Gasteiger partial charge >= 0.3 is 0 Å². The van der Waals surface area contributed by atoms with Crippen LogP contribution < -0.4 is 0 Å². The van der Waals surface area contributed by atoms with E-state index in [-0.39, 0.29) is 24.8 Å². The van der Waals surface area contributed by atoms with Crippen LogP contribution in [0.25, 0.3) is 0 Å². The molecule has 120 valence electrons. The molecule has 22 heavy (non-hydrogen) atoms. The van der Waals surface area contributed by atoms with E-state index >= 15 is 0 Å². The van der Waals surface area contributed by atoms with Crippen molar-refractivity contribution in [3.05, 3.63) is 35.9 Å². The quantitative estimate of drug-likeness (QED) is 0.854. The Morgan fingerprint density at radius 2 is 2.00 bits per heavy atom. The van der Waals surface area contributed by atoms with E-state index in [2.05, 4.69) is 17.0 Å². The molecule has 1 amide bonds. The molecular weight excluding hydrogens is 286 g/mol. The van der Waals surface area contributed by atoms with Crippen molar-refractivity contribution in [2.24, 2.45) is 5.92 Å². The minimum absolute atomic E-state index is 0.113. The normalized spacial score (nSPS) is 25.0. The third kappa shape index (κ3) is 3.29. The highest BCUT2D eigenvalue weighted by Gasteiger charge is 2.50. The van der Waals surface area contributed by atoms with Gasteiger partial charge in [0.15, 0.2) is 0 Å². The van der Waals surface area contributed by atoms with E-state index in [1.807, 2.05) is 18.2 Å². The Labute approximate surface area is 129 Å². The maximum atomic E-state index is 12.9. The molecule has 1 aromatic carbocycles. The molecular formula is C17H22F2N2O. The fourth-order valence-electron chi connectivity index (χ4n) is 3.42. The standard InChI is InChI=1S/C17H22F2N2O/c1-20(16(22)14-9-17(18,19)10-14)15-7-8-21(12-15)11-13-5-3-2-4-6-13/h2-6,14-15H,7-12H2,1H3. The zero-order valence-electron chi connectivity index (χ0n) is 12.8. The molecule has 0 aromatic heterocycles. The number of alkyl halides is 2. The van der Waals surface area contributed by atoms with E-state index in [4.69, 9.17) is 0 Å². The van der Waals surface area contributed by atoms with Crippen molar-refractivity contribution in [2.75, 3.05) is 20.1 Å². The second-order valence-electron chi connectivity index (χ2n) is 6.57. The van der Waals surface area contributed by atoms with Gasteiger partial charge in [-0.05, 0) is 12.0 Å². The second kappa shape index (κ2) is 5.95. The van der Waals surface area contributed by atoms with Gasteiger partial charge in [0.1, 0.15) is 0 Å². The summed E-state index contributed by atoms with van der Waals surface area (Å²) in [5.41, 5.74) is 1.26. The molecule has 0 bridgehead atoms. The summed E-state index contributed by atoms with van der Waals surface area (Å²) in [6, 6.07) is 10.4. The average Bonchev–Trinajstić information content (AvgIpc) is 2.92. The van der Waals surface area contributed by atoms with Crippen molar-refractivity contribution < 1.29 is 13.6 Å². The summed E-state index contributed by atoms with van der Waals surface area (Å²) in [4.78, 5) is 16.3. The fraction of sp³-hybridized carbons (Fsp3) is 0.588. The summed E-state index contributed by atoms with van der Waals surface area (Å²) in [5.74, 6) is -3.23. The lowest BCUT2D eigenvalue weighted by atomic mass is 9.80. The molecule has 1 aliphatic heterocycles. The van der Waals surface area contributed by atoms with Gasteiger partial charge in [-0.3, -0.25) is 9.69 Å². The molecule has 0 spiro atoms. The highest BCUT2D eigenvalue weighted by molar-refractivity contribution is 5.80. The minimum Gasteiger partial charge on any atom is -0.341 e. The Hall–Kier alpha value is -1.49. The third-order valence-corrected chi connectivity index (χ3v) is 4.83. The topological polar surface area (TPSA) is 23.6 Å². The van der Waals surface area contributed by atoms with Crippen LogP contribution in [0.15, 0.2) is 30.3 Å². The van der Waals surface area contributed by atoms with Crippen LogP contribution in [0.3, 0.4) is 0 Å². The minimum atomic E-state index is -2.63. The lowest BCUT2D eigenvalue weighted by Crippen LogP contribution is -2.49. The predicted molar refractivity (Wildman–Crippen MR) is 80.6 cm³/mol. The van der Waals surface area contributed by atoms with Crippen LogP contribution in [0.2, 0.25) is 0 Å². The molecule has 1 atom stereocenters. The Kier molecular flexibility index (Phi) is 4.17. The van der Waals surface area contributed by atoms with Crippen LogP contribution in [0.1, 0.15) is 24.8 Å². The molecule has 1 saturated carbocycles. The number of carbonyl (C=O) groups is 1. The van der Waals surface area contributed by atoms with Crippen LogP contribution >= 0.6 is 0 Å². The van der Waals surface area contributed by atoms with Crippen molar-refractivity contribution >= 4 is 5.91 Å². The van der Waals surface area contributed by atoms with Gasteiger partial charge in [-0.1, -0.05) is 30.3 Å². The summed E-state index contributed by atoms with van der Waals surface area (Å²) in [6.07, 6.45) is 0.353. The first-order valence-corrected chi connectivity index (χ1v) is 7.85. The van der Waals surface area contributed by atoms with Crippen molar-refractivity contribution in [2.45, 2.75) is 37.8 Å². The highest BCUT2D eigenvalue weighted by atomic mass is 19.3. The monoisotopic (exact) mass is 308 g/mol. The number of hydrogen-bond acceptors (Lipinski definition) is 2. The SMILES string of the molecule is CN(C(=O)C1CC(F)(F)C1)C1CCN(Cc2ccccc2)C1. The Bertz CT molecular complexity index is 527. The van der Waals surface area contributed by atoms with Crippen molar-refractivity contribution in [1.82, 2.24) is 9.80 Å². The van der Waals surface area contributed by atoms with Gasteiger partial charge < -0.3 is 4.90 Å². The third-order valence-electron chi connectivity index (χ3n) is 4.83. The molecule has 3 nitrogen and oxygen atoms in total. The van der Waals surface area contributed by atoms with Crippen molar-refractivity contribution in [1.29, 1.82) is 0 Å². The number of hydrogen-bond donors (Lipinski definition) is 0. The molecule has 2 fully saturated rings. The van der Waals surface area contributed by atoms with E-state index in [0.29, 0.717) is 0 Å². The summed E-state index contributed by atoms with van der Waals surface area (Å²) >= 11 is 0. The van der Waals surface area contributed by atoms with Crippen LogP contribution in [0.4, 0.5) is 8.78 Å². The molecule has 1 saturated heterocycles. The van der Waals surface area contributed by atoms with Gasteiger partial charge in [0.05, 0.1) is 0 Å². The molecule has 3 rings (SSSR count). The van der Waals surface area contributed by atoms with Crippen LogP contribution in [-0.2, 0) is 11.3 Å². The number of likely N-dealkylation sites (N-methyl/N-ethyl adjacent to an activating group) is 1. The molecule has 2 aliphatic rings. The van der Waals surface area contributed by atoms with E-state index in [0.717, 1.165) is 26.1 Å². The number of halogens is 2. The van der Waals surface area contributed by atoms with E-state index in [9.17, 15) is 13.6 Å². The maximum absolute atomic E-state index is 12.9. The Balaban J connectivity index is 1.51. The van der Waals surface area contributed by atoms with E-state index < -0.39 is 11.8 Å². The van der Waals surface area contributed by atoms with Gasteiger partial charge in [0.25, 0.3) is 0 Å². The number of rotatable bonds is 4. The van der Waals surface area contributed by atoms with Gasteiger partial charge in [0.2, 0.25) is 11.8 Å². The predicted octanol–water partition coefficient (Wildman–Crippen LogP) is 2.76. The van der Waals surface area contributed by atoms with Gasteiger partial charge in [-0.2, -0.15) is 0 Å². The molecule has 0 radical (unpaired) electrons. The van der Waals surface area contributed by atoms with Gasteiger partial charge in [-0.25, -0.2) is 8.78 Å². The van der Waals surface area contributed by atoms with Crippen LogP contribution in [0, 0.1) is 5.92 Å². The zero-order valence-corrected chi connectivity index (χ0v) is 12.8. The maximum Gasteiger partial charge on any atom is 0.249 e. The van der Waals surface area contributed by atoms with Crippen molar-refractivity contribution in [3.8, 4) is 0 Å². The number of carbonyl (C=O) groups excluding carboxylic acids is 1. The van der Waals surface area contributed by atoms with Gasteiger partial charge in [-0.15, -0.1) is 0 Å². The van der Waals surface area contributed by atoms with E-state index in [1.165, 1.54) is 5.56 Å². The molecule has 1 aliphatic carbocycles. The van der Waals surface area contributed by atoms with Crippen molar-refractivity contribution in [3.63, 3.8) is 0 Å². The Morgan fingerprint density at radius 1 is 1.32 bits per heavy atom. The average molecular weight is 308 g/mol. The summed E-state index contributed by atoms with van der Waals surface area (Å²) in [6.45, 7) is 2.64. The Morgan fingerprint density at radius 3 is 2.64 bits per heavy atom. The second-order valence-corrected chi connectivity index (χ2v) is 6.57. The molecule has 1 unspecified atom stereocenters. The number of amides is 1. The van der Waals surface area contributed by atoms with Gasteiger partial charge in [0, 0.05) is 51.5 Å². The molecule has 0 N–H and O–H groups in total. The molecule has 1 aromatic rings. The smallest absolute Gasteiger partial charge is 0.249 e. The number of benzene rings is 1. The highest BCUT2D eigenvalue weighted by Crippen LogP contribution is 2.43. The lowest BCUT2D eigenvalue weighted by Gasteiger charge is -2.37. The summed E-state index contributed by atoms with van der Waals surface area (Å²) in [7, 11) is 1.76.